The predicted molar refractivity (Wildman–Crippen MR) is 352 cm³/mol. The normalized spacial score (nSPS) is 12.8. The minimum atomic E-state index is -0.775. The number of esters is 2. The Hall–Kier alpha value is -3.18. The van der Waals surface area contributed by atoms with Gasteiger partial charge in [-0.1, -0.05) is 336 Å². The molecule has 0 rings (SSSR count). The molecule has 0 aromatic carbocycles. The molecule has 1 atom stereocenters. The average Bonchev–Trinajstić information content (AvgIpc) is 3.46. The molecule has 0 saturated carbocycles. The molecule has 0 spiro atoms. The fraction of sp³-hybridized carbons (Fsp3) is 0.760. The summed E-state index contributed by atoms with van der Waals surface area (Å²) >= 11 is 0. The van der Waals surface area contributed by atoms with Gasteiger partial charge in [-0.2, -0.15) is 0 Å². The number of carbonyl (C=O) groups is 2. The van der Waals surface area contributed by atoms with Crippen molar-refractivity contribution in [3.05, 3.63) is 97.2 Å². The van der Waals surface area contributed by atoms with Crippen LogP contribution in [0, 0.1) is 0 Å². The first-order valence-electron chi connectivity index (χ1n) is 34.8. The number of carbonyl (C=O) groups excluding carboxylic acids is 2. The minimum Gasteiger partial charge on any atom is -0.462 e. The molecule has 0 radical (unpaired) electrons. The van der Waals surface area contributed by atoms with Gasteiger partial charge in [-0.25, -0.2) is 0 Å². The van der Waals surface area contributed by atoms with Crippen molar-refractivity contribution in [1.29, 1.82) is 0 Å². The van der Waals surface area contributed by atoms with Crippen molar-refractivity contribution in [3.63, 3.8) is 0 Å². The topological polar surface area (TPSA) is 72.8 Å². The molecule has 5 nitrogen and oxygen atoms in total. The van der Waals surface area contributed by atoms with Crippen LogP contribution in [0.2, 0.25) is 0 Å². The number of aliphatic hydroxyl groups excluding tert-OH is 1. The Morgan fingerprint density at radius 1 is 0.300 bits per heavy atom. The fourth-order valence-electron chi connectivity index (χ4n) is 10.2. The maximum absolute atomic E-state index is 12.4. The van der Waals surface area contributed by atoms with E-state index in [1.807, 2.05) is 0 Å². The van der Waals surface area contributed by atoms with E-state index in [0.717, 1.165) is 83.5 Å². The lowest BCUT2D eigenvalue weighted by Gasteiger charge is -2.15. The molecule has 0 saturated heterocycles. The minimum absolute atomic E-state index is 0.0640. The lowest BCUT2D eigenvalue weighted by atomic mass is 10.0. The van der Waals surface area contributed by atoms with Gasteiger partial charge in [0.15, 0.2) is 6.10 Å². The zero-order chi connectivity index (χ0) is 57.6. The van der Waals surface area contributed by atoms with Crippen LogP contribution in [0.3, 0.4) is 0 Å². The SMILES string of the molecule is CC/C=C\C/C=C\C/C=C\C/C=C\C/C=C\C/C=C\C/C=C\CCCCCCCCCCCCCCCCCCCCCC(=O)OC(CO)COC(=O)CCCCCCCCCCCCCCC/C=C\CCCCCCCCCC. The third-order valence-electron chi connectivity index (χ3n) is 15.4. The summed E-state index contributed by atoms with van der Waals surface area (Å²) in [4.78, 5) is 24.6. The van der Waals surface area contributed by atoms with E-state index in [1.165, 1.54) is 238 Å². The van der Waals surface area contributed by atoms with Crippen LogP contribution < -0.4 is 0 Å². The average molecular weight is 1110 g/mol. The number of hydrogen-bond acceptors (Lipinski definition) is 5. The fourth-order valence-corrected chi connectivity index (χ4v) is 10.2. The Morgan fingerprint density at radius 2 is 0.537 bits per heavy atom. The van der Waals surface area contributed by atoms with Gasteiger partial charge >= 0.3 is 11.9 Å². The molecule has 0 heterocycles. The third-order valence-corrected chi connectivity index (χ3v) is 15.4. The first-order chi connectivity index (χ1) is 39.6. The molecule has 0 amide bonds. The zero-order valence-electron chi connectivity index (χ0n) is 53.1. The van der Waals surface area contributed by atoms with E-state index in [4.69, 9.17) is 9.47 Å². The molecule has 0 aliphatic heterocycles. The molecule has 0 aromatic heterocycles. The molecule has 5 heteroatoms. The van der Waals surface area contributed by atoms with E-state index in [0.29, 0.717) is 12.8 Å². The van der Waals surface area contributed by atoms with E-state index in [9.17, 15) is 14.7 Å². The van der Waals surface area contributed by atoms with Gasteiger partial charge in [0.05, 0.1) is 6.61 Å². The highest BCUT2D eigenvalue weighted by molar-refractivity contribution is 5.70. The van der Waals surface area contributed by atoms with Gasteiger partial charge in [-0.15, -0.1) is 0 Å². The first-order valence-corrected chi connectivity index (χ1v) is 34.8. The van der Waals surface area contributed by atoms with Gasteiger partial charge in [0.1, 0.15) is 6.61 Å². The van der Waals surface area contributed by atoms with E-state index in [2.05, 4.69) is 111 Å². The summed E-state index contributed by atoms with van der Waals surface area (Å²) in [5.74, 6) is -0.576. The summed E-state index contributed by atoms with van der Waals surface area (Å²) in [6, 6.07) is 0. The molecule has 0 aromatic rings. The van der Waals surface area contributed by atoms with Crippen LogP contribution in [0.4, 0.5) is 0 Å². The summed E-state index contributed by atoms with van der Waals surface area (Å²) in [7, 11) is 0. The first kappa shape index (κ1) is 76.8. The summed E-state index contributed by atoms with van der Waals surface area (Å²) < 4.78 is 10.8. The quantitative estimate of drug-likeness (QED) is 0.0373. The molecule has 80 heavy (non-hydrogen) atoms. The Bertz CT molecular complexity index is 1500. The van der Waals surface area contributed by atoms with Crippen molar-refractivity contribution in [2.24, 2.45) is 0 Å². The Labute approximate surface area is 498 Å². The van der Waals surface area contributed by atoms with Crippen LogP contribution in [0.25, 0.3) is 0 Å². The van der Waals surface area contributed by atoms with Crippen molar-refractivity contribution in [3.8, 4) is 0 Å². The summed E-state index contributed by atoms with van der Waals surface area (Å²) in [5.41, 5.74) is 0. The van der Waals surface area contributed by atoms with Gasteiger partial charge in [0.25, 0.3) is 0 Å². The Morgan fingerprint density at radius 3 is 0.825 bits per heavy atom. The maximum atomic E-state index is 12.4. The van der Waals surface area contributed by atoms with Crippen molar-refractivity contribution in [2.75, 3.05) is 13.2 Å². The molecular weight excluding hydrogens is 981 g/mol. The molecule has 1 unspecified atom stereocenters. The largest absolute Gasteiger partial charge is 0.462 e. The van der Waals surface area contributed by atoms with E-state index >= 15 is 0 Å². The van der Waals surface area contributed by atoms with Crippen LogP contribution in [-0.4, -0.2) is 36.4 Å². The van der Waals surface area contributed by atoms with Gasteiger partial charge in [0, 0.05) is 12.8 Å². The number of hydrogen-bond donors (Lipinski definition) is 1. The summed E-state index contributed by atoms with van der Waals surface area (Å²) in [6.07, 6.45) is 100. The highest BCUT2D eigenvalue weighted by Gasteiger charge is 2.16. The molecule has 0 aliphatic rings. The maximum Gasteiger partial charge on any atom is 0.306 e. The third kappa shape index (κ3) is 67.3. The molecular formula is C75H132O5. The molecule has 0 fully saturated rings. The number of rotatable bonds is 64. The predicted octanol–water partition coefficient (Wildman–Crippen LogP) is 24.2. The second-order valence-corrected chi connectivity index (χ2v) is 23.2. The van der Waals surface area contributed by atoms with Crippen LogP contribution in [0.1, 0.15) is 348 Å². The van der Waals surface area contributed by atoms with Crippen LogP contribution in [-0.2, 0) is 19.1 Å². The van der Waals surface area contributed by atoms with E-state index in [1.54, 1.807) is 0 Å². The standard InChI is InChI=1S/C75H132O5/c1-3-5-7-9-11-13-15-17-19-21-23-25-27-29-30-31-32-33-34-35-36-37-38-39-40-41-42-43-44-46-48-50-52-54-56-58-60-62-64-66-68-70-75(78)80-73(71-76)72-79-74(77)69-67-65-63-61-59-57-55-53-51-49-47-45-28-26-24-22-20-18-16-14-12-10-8-6-4-2/h5,7,11,13,17,19,22-25,29-30,32-33,35-36,73,76H,3-4,6,8-10,12,14-16,18,20-21,26-28,31,34,37-72H2,1-2H3/b7-5-,13-11-,19-17-,24-22-,25-23-,30-29-,33-32-,36-35-. The zero-order valence-corrected chi connectivity index (χ0v) is 53.1. The second-order valence-electron chi connectivity index (χ2n) is 23.2. The van der Waals surface area contributed by atoms with Gasteiger partial charge in [-0.05, 0) is 96.3 Å². The summed E-state index contributed by atoms with van der Waals surface area (Å²) in [6.45, 7) is 4.07. The van der Waals surface area contributed by atoms with Gasteiger partial charge < -0.3 is 14.6 Å². The molecule has 1 N–H and O–H groups in total. The highest BCUT2D eigenvalue weighted by atomic mass is 16.6. The van der Waals surface area contributed by atoms with Crippen LogP contribution >= 0.6 is 0 Å². The summed E-state index contributed by atoms with van der Waals surface area (Å²) in [5, 5.41) is 9.70. The number of unbranched alkanes of at least 4 members (excludes halogenated alkanes) is 40. The number of allylic oxidation sites excluding steroid dienone is 16. The van der Waals surface area contributed by atoms with Crippen LogP contribution in [0.15, 0.2) is 97.2 Å². The lowest BCUT2D eigenvalue weighted by molar-refractivity contribution is -0.161. The Balaban J connectivity index is 3.44. The van der Waals surface area contributed by atoms with Crippen molar-refractivity contribution in [2.45, 2.75) is 354 Å². The molecule has 0 aliphatic carbocycles. The van der Waals surface area contributed by atoms with Gasteiger partial charge in [-0.3, -0.25) is 9.59 Å². The van der Waals surface area contributed by atoms with Gasteiger partial charge in [0.2, 0.25) is 0 Å². The lowest BCUT2D eigenvalue weighted by Crippen LogP contribution is -2.28. The van der Waals surface area contributed by atoms with Crippen molar-refractivity contribution < 1.29 is 24.2 Å². The Kier molecular flexibility index (Phi) is 67.3. The smallest absolute Gasteiger partial charge is 0.306 e. The van der Waals surface area contributed by atoms with Crippen LogP contribution in [0.5, 0.6) is 0 Å². The second kappa shape index (κ2) is 70.1. The van der Waals surface area contributed by atoms with Crippen molar-refractivity contribution >= 4 is 11.9 Å². The van der Waals surface area contributed by atoms with E-state index in [-0.39, 0.29) is 25.2 Å². The number of ether oxygens (including phenoxy) is 2. The van der Waals surface area contributed by atoms with Crippen molar-refractivity contribution in [1.82, 2.24) is 0 Å². The number of aliphatic hydroxyl groups is 1. The van der Waals surface area contributed by atoms with E-state index < -0.39 is 6.10 Å². The highest BCUT2D eigenvalue weighted by Crippen LogP contribution is 2.18. The molecule has 462 valence electrons. The molecule has 0 bridgehead atoms. The monoisotopic (exact) mass is 1110 g/mol.